The molecule has 1 aromatic carbocycles. The van der Waals surface area contributed by atoms with Crippen molar-refractivity contribution < 1.29 is 9.59 Å². The first-order valence-corrected chi connectivity index (χ1v) is 8.86. The molecule has 0 aliphatic carbocycles. The van der Waals surface area contributed by atoms with E-state index in [9.17, 15) is 9.59 Å². The summed E-state index contributed by atoms with van der Waals surface area (Å²) >= 11 is 2.21. The van der Waals surface area contributed by atoms with Gasteiger partial charge in [0, 0.05) is 41.5 Å². The number of halogens is 1. The molecule has 0 unspecified atom stereocenters. The van der Waals surface area contributed by atoms with E-state index in [-0.39, 0.29) is 11.5 Å². The molecule has 0 saturated carbocycles. The van der Waals surface area contributed by atoms with Crippen LogP contribution in [0.15, 0.2) is 36.0 Å². The highest BCUT2D eigenvalue weighted by Crippen LogP contribution is 2.12. The van der Waals surface area contributed by atoms with E-state index in [4.69, 9.17) is 5.26 Å². The van der Waals surface area contributed by atoms with Crippen molar-refractivity contribution in [3.63, 3.8) is 0 Å². The minimum atomic E-state index is -0.414. The fraction of sp³-hybridized carbons (Fsp3) is 0.353. The van der Waals surface area contributed by atoms with Gasteiger partial charge in [-0.25, -0.2) is 0 Å². The summed E-state index contributed by atoms with van der Waals surface area (Å²) in [5, 5.41) is 14.8. The molecule has 2 rings (SSSR count). The van der Waals surface area contributed by atoms with Gasteiger partial charge in [0.05, 0.1) is 0 Å². The van der Waals surface area contributed by atoms with Gasteiger partial charge in [0.2, 0.25) is 5.91 Å². The number of rotatable bonds is 7. The van der Waals surface area contributed by atoms with Crippen molar-refractivity contribution in [1.29, 1.82) is 5.26 Å². The molecule has 1 aromatic rings. The van der Waals surface area contributed by atoms with E-state index in [1.165, 1.54) is 6.20 Å². The minimum absolute atomic E-state index is 0.0193. The molecule has 1 fully saturated rings. The smallest absolute Gasteiger partial charge is 0.263 e. The summed E-state index contributed by atoms with van der Waals surface area (Å²) in [6.45, 7) is 1.88. The van der Waals surface area contributed by atoms with Crippen molar-refractivity contribution >= 4 is 40.1 Å². The Morgan fingerprint density at radius 2 is 2.12 bits per heavy atom. The molecule has 0 spiro atoms. The Hall–Kier alpha value is -2.08. The van der Waals surface area contributed by atoms with Crippen LogP contribution in [-0.2, 0) is 9.59 Å². The summed E-state index contributed by atoms with van der Waals surface area (Å²) in [6.07, 6.45) is 3.62. The van der Waals surface area contributed by atoms with Crippen molar-refractivity contribution in [2.45, 2.75) is 19.3 Å². The fourth-order valence-corrected chi connectivity index (χ4v) is 2.72. The van der Waals surface area contributed by atoms with Crippen molar-refractivity contribution in [2.24, 2.45) is 0 Å². The van der Waals surface area contributed by atoms with Crippen LogP contribution in [0.5, 0.6) is 0 Å². The third-order valence-corrected chi connectivity index (χ3v) is 4.37. The second-order valence-corrected chi connectivity index (χ2v) is 6.66. The zero-order valence-corrected chi connectivity index (χ0v) is 15.4. The van der Waals surface area contributed by atoms with Gasteiger partial charge >= 0.3 is 0 Å². The maximum atomic E-state index is 12.0. The third kappa shape index (κ3) is 5.53. The van der Waals surface area contributed by atoms with E-state index < -0.39 is 5.91 Å². The summed E-state index contributed by atoms with van der Waals surface area (Å²) < 4.78 is 1.11. The summed E-state index contributed by atoms with van der Waals surface area (Å²) in [7, 11) is 0. The number of hydrogen-bond donors (Lipinski definition) is 2. The molecule has 0 radical (unpaired) electrons. The first kappa shape index (κ1) is 18.3. The molecule has 24 heavy (non-hydrogen) atoms. The molecule has 1 aliphatic rings. The first-order valence-electron chi connectivity index (χ1n) is 7.78. The number of carbonyl (C=O) groups excluding carboxylic acids is 2. The van der Waals surface area contributed by atoms with Crippen molar-refractivity contribution in [2.75, 3.05) is 25.0 Å². The van der Waals surface area contributed by atoms with Crippen LogP contribution in [0.4, 0.5) is 5.69 Å². The summed E-state index contributed by atoms with van der Waals surface area (Å²) in [4.78, 5) is 25.3. The van der Waals surface area contributed by atoms with Crippen LogP contribution >= 0.6 is 22.6 Å². The van der Waals surface area contributed by atoms with E-state index in [0.29, 0.717) is 25.9 Å². The van der Waals surface area contributed by atoms with Gasteiger partial charge in [-0.1, -0.05) is 0 Å². The molecule has 126 valence electrons. The lowest BCUT2D eigenvalue weighted by molar-refractivity contribution is -0.127. The maximum Gasteiger partial charge on any atom is 0.263 e. The Morgan fingerprint density at radius 3 is 2.75 bits per heavy atom. The van der Waals surface area contributed by atoms with Crippen molar-refractivity contribution in [3.05, 3.63) is 39.6 Å². The molecule has 2 amide bonds. The molecule has 0 atom stereocenters. The quantitative estimate of drug-likeness (QED) is 0.296. The Labute approximate surface area is 155 Å². The van der Waals surface area contributed by atoms with E-state index in [1.807, 2.05) is 35.2 Å². The number of nitriles is 1. The first-order chi connectivity index (χ1) is 11.6. The standard InChI is InChI=1S/C17H19IN4O2/c18-14-4-6-15(7-5-14)21-12-13(11-19)17(24)20-8-2-10-22-9-1-3-16(22)23/h4-7,12,21H,1-3,8-10H2,(H,20,24)/b13-12-. The predicted molar refractivity (Wildman–Crippen MR) is 99.9 cm³/mol. The second kappa shape index (κ2) is 9.27. The van der Waals surface area contributed by atoms with E-state index in [1.54, 1.807) is 0 Å². The third-order valence-electron chi connectivity index (χ3n) is 3.65. The van der Waals surface area contributed by atoms with Crippen LogP contribution in [0.25, 0.3) is 0 Å². The molecule has 2 N–H and O–H groups in total. The average molecular weight is 438 g/mol. The van der Waals surface area contributed by atoms with Crippen LogP contribution in [0.2, 0.25) is 0 Å². The number of nitrogens with zero attached hydrogens (tertiary/aromatic N) is 2. The Morgan fingerprint density at radius 1 is 1.38 bits per heavy atom. The average Bonchev–Trinajstić information content (AvgIpc) is 2.99. The highest BCUT2D eigenvalue weighted by molar-refractivity contribution is 14.1. The second-order valence-electron chi connectivity index (χ2n) is 5.41. The van der Waals surface area contributed by atoms with Crippen LogP contribution in [-0.4, -0.2) is 36.3 Å². The monoisotopic (exact) mass is 438 g/mol. The number of carbonyl (C=O) groups is 2. The number of amides is 2. The lowest BCUT2D eigenvalue weighted by Crippen LogP contribution is -2.31. The Balaban J connectivity index is 1.76. The topological polar surface area (TPSA) is 85.2 Å². The molecule has 0 aromatic heterocycles. The van der Waals surface area contributed by atoms with Gasteiger partial charge in [-0.05, 0) is 59.7 Å². The van der Waals surface area contributed by atoms with Gasteiger partial charge in [-0.15, -0.1) is 0 Å². The van der Waals surface area contributed by atoms with Gasteiger partial charge in [0.15, 0.2) is 0 Å². The van der Waals surface area contributed by atoms with Crippen LogP contribution in [0.1, 0.15) is 19.3 Å². The normalized spacial score (nSPS) is 14.4. The molecule has 1 aliphatic heterocycles. The number of likely N-dealkylation sites (tertiary alicyclic amines) is 1. The van der Waals surface area contributed by atoms with Crippen LogP contribution in [0, 0.1) is 14.9 Å². The van der Waals surface area contributed by atoms with Crippen LogP contribution in [0.3, 0.4) is 0 Å². The Kier molecular flexibility index (Phi) is 7.06. The largest absolute Gasteiger partial charge is 0.360 e. The number of hydrogen-bond acceptors (Lipinski definition) is 4. The number of anilines is 1. The maximum absolute atomic E-state index is 12.0. The highest BCUT2D eigenvalue weighted by Gasteiger charge is 2.19. The number of benzene rings is 1. The van der Waals surface area contributed by atoms with Crippen LogP contribution < -0.4 is 10.6 Å². The zero-order valence-electron chi connectivity index (χ0n) is 13.2. The van der Waals surface area contributed by atoms with Crippen molar-refractivity contribution in [3.8, 4) is 6.07 Å². The fourth-order valence-electron chi connectivity index (χ4n) is 2.36. The van der Waals surface area contributed by atoms with E-state index >= 15 is 0 Å². The molecule has 7 heteroatoms. The van der Waals surface area contributed by atoms with Gasteiger partial charge in [-0.3, -0.25) is 9.59 Å². The van der Waals surface area contributed by atoms with Gasteiger partial charge in [0.1, 0.15) is 11.6 Å². The Bertz CT molecular complexity index is 664. The lowest BCUT2D eigenvalue weighted by Gasteiger charge is -2.15. The van der Waals surface area contributed by atoms with E-state index in [0.717, 1.165) is 22.2 Å². The molecular formula is C17H19IN4O2. The SMILES string of the molecule is N#C/C(=C/Nc1ccc(I)cc1)C(=O)NCCCN1CCCC1=O. The summed E-state index contributed by atoms with van der Waals surface area (Å²) in [5.74, 6) is -0.232. The van der Waals surface area contributed by atoms with Gasteiger partial charge in [-0.2, -0.15) is 5.26 Å². The van der Waals surface area contributed by atoms with Crippen molar-refractivity contribution in [1.82, 2.24) is 10.2 Å². The molecule has 0 bridgehead atoms. The molecule has 6 nitrogen and oxygen atoms in total. The molecular weight excluding hydrogens is 419 g/mol. The molecule has 1 saturated heterocycles. The molecule has 1 heterocycles. The lowest BCUT2D eigenvalue weighted by atomic mass is 10.2. The summed E-state index contributed by atoms with van der Waals surface area (Å²) in [5.41, 5.74) is 0.828. The van der Waals surface area contributed by atoms with E-state index in [2.05, 4.69) is 33.2 Å². The summed E-state index contributed by atoms with van der Waals surface area (Å²) in [6, 6.07) is 9.51. The highest BCUT2D eigenvalue weighted by atomic mass is 127. The zero-order chi connectivity index (χ0) is 17.4. The predicted octanol–water partition coefficient (Wildman–Crippen LogP) is 2.24. The van der Waals surface area contributed by atoms with Gasteiger partial charge < -0.3 is 15.5 Å². The van der Waals surface area contributed by atoms with Gasteiger partial charge in [0.25, 0.3) is 5.91 Å². The minimum Gasteiger partial charge on any atom is -0.360 e. The number of nitrogens with one attached hydrogen (secondary N) is 2.